The fraction of sp³-hybridized carbons (Fsp3) is 0.250. The van der Waals surface area contributed by atoms with Crippen LogP contribution >= 0.6 is 11.8 Å². The van der Waals surface area contributed by atoms with Crippen LogP contribution in [0.2, 0.25) is 0 Å². The Kier molecular flexibility index (Phi) is 7.44. The Hall–Kier alpha value is -2.72. The van der Waals surface area contributed by atoms with Crippen molar-refractivity contribution in [2.45, 2.75) is 21.7 Å². The molecule has 1 aliphatic heterocycles. The molecule has 0 saturated carbocycles. The van der Waals surface area contributed by atoms with Gasteiger partial charge in [-0.2, -0.15) is 4.31 Å². The van der Waals surface area contributed by atoms with Crippen molar-refractivity contribution in [3.05, 3.63) is 90.1 Å². The van der Waals surface area contributed by atoms with Crippen LogP contribution in [-0.2, 0) is 21.4 Å². The second kappa shape index (κ2) is 10.5. The third-order valence-corrected chi connectivity index (χ3v) is 8.63. The van der Waals surface area contributed by atoms with Gasteiger partial charge in [0.1, 0.15) is 10.1 Å². The van der Waals surface area contributed by atoms with Gasteiger partial charge in [-0.25, -0.2) is 13.4 Å². The Balaban J connectivity index is 1.39. The van der Waals surface area contributed by atoms with Gasteiger partial charge in [0.25, 0.3) is 0 Å². The number of primary amides is 1. The van der Waals surface area contributed by atoms with E-state index in [0.29, 0.717) is 31.2 Å². The third-order valence-electron chi connectivity index (χ3n) is 5.53. The van der Waals surface area contributed by atoms with Gasteiger partial charge in [-0.15, -0.1) is 0 Å². The number of pyridine rings is 1. The number of sulfonamides is 1. The summed E-state index contributed by atoms with van der Waals surface area (Å²) >= 11 is 1.21. The molecule has 1 aromatic heterocycles. The van der Waals surface area contributed by atoms with Gasteiger partial charge >= 0.3 is 0 Å². The van der Waals surface area contributed by atoms with E-state index in [-0.39, 0.29) is 4.90 Å². The Morgan fingerprint density at radius 2 is 1.58 bits per heavy atom. The van der Waals surface area contributed by atoms with Gasteiger partial charge in [0.05, 0.1) is 5.03 Å². The maximum Gasteiger partial charge on any atom is 0.244 e. The minimum atomic E-state index is -3.63. The van der Waals surface area contributed by atoms with Crippen molar-refractivity contribution in [2.75, 3.05) is 26.2 Å². The number of thioether (sulfide) groups is 1. The lowest BCUT2D eigenvalue weighted by molar-refractivity contribution is -0.117. The van der Waals surface area contributed by atoms with Crippen molar-refractivity contribution < 1.29 is 13.2 Å². The molecule has 0 radical (unpaired) electrons. The number of carbonyl (C=O) groups excluding carboxylic acids is 1. The first-order valence-electron chi connectivity index (χ1n) is 10.7. The van der Waals surface area contributed by atoms with E-state index in [1.165, 1.54) is 27.8 Å². The number of piperazine rings is 1. The number of nitrogens with zero attached hydrogens (tertiary/aromatic N) is 3. The first kappa shape index (κ1) is 23.4. The summed E-state index contributed by atoms with van der Waals surface area (Å²) in [4.78, 5) is 18.7. The van der Waals surface area contributed by atoms with Crippen LogP contribution < -0.4 is 5.73 Å². The van der Waals surface area contributed by atoms with Crippen LogP contribution in [0.15, 0.2) is 88.9 Å². The molecule has 1 aliphatic rings. The highest BCUT2D eigenvalue weighted by Gasteiger charge is 2.29. The molecule has 9 heteroatoms. The molecular weight excluding hydrogens is 456 g/mol. The summed E-state index contributed by atoms with van der Waals surface area (Å²) < 4.78 is 27.7. The lowest BCUT2D eigenvalue weighted by atomic mass is 10.1. The molecule has 3 aromatic rings. The fourth-order valence-electron chi connectivity index (χ4n) is 3.75. The maximum absolute atomic E-state index is 13.1. The van der Waals surface area contributed by atoms with Gasteiger partial charge < -0.3 is 5.73 Å². The minimum absolute atomic E-state index is 0.152. The first-order valence-corrected chi connectivity index (χ1v) is 13.0. The number of benzene rings is 2. The Morgan fingerprint density at radius 3 is 2.15 bits per heavy atom. The van der Waals surface area contributed by atoms with Crippen LogP contribution in [0.1, 0.15) is 16.4 Å². The van der Waals surface area contributed by atoms with Gasteiger partial charge in [0.2, 0.25) is 15.9 Å². The molecule has 4 rings (SSSR count). The largest absolute Gasteiger partial charge is 0.368 e. The quantitative estimate of drug-likeness (QED) is 0.496. The average molecular weight is 483 g/mol. The van der Waals surface area contributed by atoms with Crippen molar-refractivity contribution in [2.24, 2.45) is 5.73 Å². The summed E-state index contributed by atoms with van der Waals surface area (Å²) in [6.07, 6.45) is 1.36. The number of hydrogen-bond acceptors (Lipinski definition) is 6. The number of aromatic nitrogens is 1. The third kappa shape index (κ3) is 5.80. The van der Waals surface area contributed by atoms with Crippen LogP contribution in [0.25, 0.3) is 0 Å². The highest BCUT2D eigenvalue weighted by molar-refractivity contribution is 8.00. The molecule has 1 atom stereocenters. The van der Waals surface area contributed by atoms with Gasteiger partial charge in [-0.1, -0.05) is 72.4 Å². The smallest absolute Gasteiger partial charge is 0.244 e. The summed E-state index contributed by atoms with van der Waals surface area (Å²) in [5.74, 6) is -0.474. The Bertz CT molecular complexity index is 1170. The molecular formula is C24H26N4O3S2. The summed E-state index contributed by atoms with van der Waals surface area (Å²) in [6, 6.07) is 22.6. The zero-order chi connectivity index (χ0) is 23.3. The number of carbonyl (C=O) groups is 1. The van der Waals surface area contributed by atoms with Crippen LogP contribution in [0.4, 0.5) is 0 Å². The molecule has 2 heterocycles. The number of nitrogens with two attached hydrogens (primary N) is 1. The predicted octanol–water partition coefficient (Wildman–Crippen LogP) is 2.91. The molecule has 2 N–H and O–H groups in total. The van der Waals surface area contributed by atoms with E-state index in [2.05, 4.69) is 22.0 Å². The molecule has 2 aromatic carbocycles. The van der Waals surface area contributed by atoms with Crippen molar-refractivity contribution in [3.63, 3.8) is 0 Å². The van der Waals surface area contributed by atoms with Gasteiger partial charge in [-0.05, 0) is 23.3 Å². The highest BCUT2D eigenvalue weighted by Crippen LogP contribution is 2.34. The summed E-state index contributed by atoms with van der Waals surface area (Å²) in [5, 5.41) is -0.0619. The van der Waals surface area contributed by atoms with Crippen molar-refractivity contribution in [3.8, 4) is 0 Å². The number of rotatable bonds is 8. The molecule has 7 nitrogen and oxygen atoms in total. The standard InChI is InChI=1S/C24H26N4O3S2/c25-24(29)23(20-9-5-2-6-10-20)32-22-12-11-21(17-26-22)33(30,31)28-15-13-27(14-16-28)18-19-7-3-1-4-8-19/h1-12,17,23H,13-16,18H2,(H2,25,29)/t23-/m0/s1. The summed E-state index contributed by atoms with van der Waals surface area (Å²) in [5.41, 5.74) is 7.58. The average Bonchev–Trinajstić information content (AvgIpc) is 2.84. The van der Waals surface area contributed by atoms with Crippen molar-refractivity contribution in [1.29, 1.82) is 0 Å². The van der Waals surface area contributed by atoms with Crippen LogP contribution in [-0.4, -0.2) is 54.7 Å². The Morgan fingerprint density at radius 1 is 0.939 bits per heavy atom. The molecule has 172 valence electrons. The van der Waals surface area contributed by atoms with E-state index >= 15 is 0 Å². The zero-order valence-electron chi connectivity index (χ0n) is 18.1. The molecule has 1 amide bonds. The topological polar surface area (TPSA) is 96.6 Å². The maximum atomic E-state index is 13.1. The molecule has 0 bridgehead atoms. The molecule has 0 spiro atoms. The molecule has 0 aliphatic carbocycles. The molecule has 1 fully saturated rings. The van der Waals surface area contributed by atoms with E-state index in [1.54, 1.807) is 12.1 Å². The normalized spacial score (nSPS) is 16.4. The van der Waals surface area contributed by atoms with E-state index < -0.39 is 21.2 Å². The SMILES string of the molecule is NC(=O)[C@@H](Sc1ccc(S(=O)(=O)N2CCN(Cc3ccccc3)CC2)cn1)c1ccccc1. The van der Waals surface area contributed by atoms with Crippen molar-refractivity contribution >= 4 is 27.7 Å². The van der Waals surface area contributed by atoms with E-state index in [4.69, 9.17) is 5.73 Å². The lowest BCUT2D eigenvalue weighted by Gasteiger charge is -2.33. The Labute approximate surface area is 198 Å². The summed E-state index contributed by atoms with van der Waals surface area (Å²) in [7, 11) is -3.63. The minimum Gasteiger partial charge on any atom is -0.368 e. The van der Waals surface area contributed by atoms with Gasteiger partial charge in [0.15, 0.2) is 0 Å². The number of hydrogen-bond donors (Lipinski definition) is 1. The van der Waals surface area contributed by atoms with Crippen molar-refractivity contribution in [1.82, 2.24) is 14.2 Å². The second-order valence-corrected chi connectivity index (χ2v) is 10.9. The van der Waals surface area contributed by atoms with Gasteiger partial charge in [-0.3, -0.25) is 9.69 Å². The predicted molar refractivity (Wildman–Crippen MR) is 129 cm³/mol. The fourth-order valence-corrected chi connectivity index (χ4v) is 6.03. The molecule has 33 heavy (non-hydrogen) atoms. The van der Waals surface area contributed by atoms with E-state index in [1.807, 2.05) is 48.5 Å². The lowest BCUT2D eigenvalue weighted by Crippen LogP contribution is -2.48. The van der Waals surface area contributed by atoms with E-state index in [9.17, 15) is 13.2 Å². The van der Waals surface area contributed by atoms with Gasteiger partial charge in [0, 0.05) is 38.9 Å². The second-order valence-electron chi connectivity index (χ2n) is 7.81. The molecule has 1 saturated heterocycles. The summed E-state index contributed by atoms with van der Waals surface area (Å²) in [6.45, 7) is 3.03. The van der Waals surface area contributed by atoms with E-state index in [0.717, 1.165) is 12.1 Å². The van der Waals surface area contributed by atoms with Crippen LogP contribution in [0.3, 0.4) is 0 Å². The number of amides is 1. The van der Waals surface area contributed by atoms with Crippen LogP contribution in [0, 0.1) is 0 Å². The zero-order valence-corrected chi connectivity index (χ0v) is 19.7. The van der Waals surface area contributed by atoms with Crippen LogP contribution in [0.5, 0.6) is 0 Å². The highest BCUT2D eigenvalue weighted by atomic mass is 32.2. The monoisotopic (exact) mass is 482 g/mol. The molecule has 0 unspecified atom stereocenters. The first-order chi connectivity index (χ1) is 15.9.